The lowest BCUT2D eigenvalue weighted by atomic mass is 10.4. The van der Waals surface area contributed by atoms with Crippen LogP contribution in [-0.2, 0) is 14.7 Å². The fourth-order valence-corrected chi connectivity index (χ4v) is 0.471. The molecular formula is C3H9NO4S. The highest BCUT2D eigenvalue weighted by atomic mass is 32.3. The van der Waals surface area contributed by atoms with E-state index in [1.165, 1.54) is 0 Å². The topological polar surface area (TPSA) is 75.6 Å². The molecular weight excluding hydrogens is 146 g/mol. The standard InChI is InChI=1S/C3H9NO4S/c1-3(2)4-8-9(5,6)7/h3-4H,1-2H3,(H,5,6,7). The van der Waals surface area contributed by atoms with Crippen LogP contribution in [-0.4, -0.2) is 19.0 Å². The Hall–Kier alpha value is -0.170. The molecule has 0 bridgehead atoms. The summed E-state index contributed by atoms with van der Waals surface area (Å²) in [6.45, 7) is 3.34. The van der Waals surface area contributed by atoms with Gasteiger partial charge in [0.05, 0.1) is 0 Å². The van der Waals surface area contributed by atoms with Gasteiger partial charge in [0.25, 0.3) is 0 Å². The van der Waals surface area contributed by atoms with Crippen molar-refractivity contribution < 1.29 is 17.3 Å². The van der Waals surface area contributed by atoms with Gasteiger partial charge in [0.2, 0.25) is 0 Å². The quantitative estimate of drug-likeness (QED) is 0.433. The molecule has 0 atom stereocenters. The normalized spacial score (nSPS) is 12.4. The van der Waals surface area contributed by atoms with Crippen LogP contribution in [0.15, 0.2) is 0 Å². The Morgan fingerprint density at radius 2 is 2.00 bits per heavy atom. The van der Waals surface area contributed by atoms with Crippen molar-refractivity contribution in [1.29, 1.82) is 0 Å². The molecule has 0 spiro atoms. The van der Waals surface area contributed by atoms with Crippen LogP contribution in [0, 0.1) is 0 Å². The minimum Gasteiger partial charge on any atom is -0.262 e. The molecule has 2 N–H and O–H groups in total. The minimum atomic E-state index is -4.33. The number of hydrogen-bond donors (Lipinski definition) is 2. The summed E-state index contributed by atoms with van der Waals surface area (Å²) < 4.78 is 31.3. The van der Waals surface area contributed by atoms with Gasteiger partial charge in [-0.1, -0.05) is 0 Å². The van der Waals surface area contributed by atoms with E-state index in [0.29, 0.717) is 0 Å². The summed E-state index contributed by atoms with van der Waals surface area (Å²) in [7, 11) is -4.33. The van der Waals surface area contributed by atoms with Gasteiger partial charge >= 0.3 is 10.4 Å². The van der Waals surface area contributed by atoms with E-state index in [-0.39, 0.29) is 6.04 Å². The van der Waals surface area contributed by atoms with Gasteiger partial charge < -0.3 is 0 Å². The summed E-state index contributed by atoms with van der Waals surface area (Å²) in [4.78, 5) is 0. The molecule has 9 heavy (non-hydrogen) atoms. The molecule has 5 nitrogen and oxygen atoms in total. The first-order chi connectivity index (χ1) is 3.92. The summed E-state index contributed by atoms with van der Waals surface area (Å²) in [6.07, 6.45) is 0. The SMILES string of the molecule is CC(C)NOS(=O)(=O)O. The first-order valence-electron chi connectivity index (χ1n) is 2.33. The zero-order valence-electron chi connectivity index (χ0n) is 5.16. The van der Waals surface area contributed by atoms with Crippen LogP contribution in [0.4, 0.5) is 0 Å². The monoisotopic (exact) mass is 155 g/mol. The van der Waals surface area contributed by atoms with E-state index in [4.69, 9.17) is 4.55 Å². The van der Waals surface area contributed by atoms with E-state index >= 15 is 0 Å². The van der Waals surface area contributed by atoms with Crippen molar-refractivity contribution in [2.24, 2.45) is 0 Å². The predicted octanol–water partition coefficient (Wildman–Crippen LogP) is -0.281. The highest BCUT2D eigenvalue weighted by Gasteiger charge is 2.03. The molecule has 0 aromatic carbocycles. The average Bonchev–Trinajstić information content (AvgIpc) is 1.59. The van der Waals surface area contributed by atoms with E-state index in [9.17, 15) is 8.42 Å². The van der Waals surface area contributed by atoms with E-state index in [2.05, 4.69) is 4.28 Å². The maximum absolute atomic E-state index is 9.81. The molecule has 0 aromatic rings. The second-order valence-electron chi connectivity index (χ2n) is 1.78. The van der Waals surface area contributed by atoms with E-state index in [0.717, 1.165) is 0 Å². The highest BCUT2D eigenvalue weighted by Crippen LogP contribution is 1.82. The molecule has 0 heterocycles. The lowest BCUT2D eigenvalue weighted by Crippen LogP contribution is -2.26. The number of nitrogens with one attached hydrogen (secondary N) is 1. The van der Waals surface area contributed by atoms with Crippen LogP contribution in [0.5, 0.6) is 0 Å². The summed E-state index contributed by atoms with van der Waals surface area (Å²) in [5, 5.41) is 0. The van der Waals surface area contributed by atoms with Crippen LogP contribution >= 0.6 is 0 Å². The fraction of sp³-hybridized carbons (Fsp3) is 1.00. The van der Waals surface area contributed by atoms with Crippen LogP contribution in [0.1, 0.15) is 13.8 Å². The second-order valence-corrected chi connectivity index (χ2v) is 2.81. The number of hydroxylamine groups is 1. The van der Waals surface area contributed by atoms with E-state index in [1.807, 2.05) is 5.48 Å². The van der Waals surface area contributed by atoms with Gasteiger partial charge in [-0.25, -0.2) is 0 Å². The second kappa shape index (κ2) is 3.11. The molecule has 0 aliphatic heterocycles. The third-order valence-corrected chi connectivity index (χ3v) is 0.696. The number of hydrogen-bond acceptors (Lipinski definition) is 4. The zero-order valence-corrected chi connectivity index (χ0v) is 5.97. The lowest BCUT2D eigenvalue weighted by Gasteiger charge is -2.03. The molecule has 0 aliphatic rings. The van der Waals surface area contributed by atoms with Crippen LogP contribution in [0.3, 0.4) is 0 Å². The first-order valence-corrected chi connectivity index (χ1v) is 3.70. The van der Waals surface area contributed by atoms with Crippen molar-refractivity contribution in [2.45, 2.75) is 19.9 Å². The molecule has 6 heteroatoms. The predicted molar refractivity (Wildman–Crippen MR) is 30.9 cm³/mol. The molecule has 0 saturated carbocycles. The van der Waals surface area contributed by atoms with Gasteiger partial charge in [-0.15, -0.1) is 0 Å². The Balaban J connectivity index is 3.53. The van der Waals surface area contributed by atoms with Crippen molar-refractivity contribution in [1.82, 2.24) is 5.48 Å². The van der Waals surface area contributed by atoms with Crippen molar-refractivity contribution in [3.8, 4) is 0 Å². The molecule has 0 radical (unpaired) electrons. The summed E-state index contributed by atoms with van der Waals surface area (Å²) in [6, 6.07) is -0.146. The smallest absolute Gasteiger partial charge is 0.262 e. The van der Waals surface area contributed by atoms with Gasteiger partial charge in [-0.05, 0) is 13.8 Å². The molecule has 0 unspecified atom stereocenters. The average molecular weight is 155 g/mol. The first kappa shape index (κ1) is 8.83. The van der Waals surface area contributed by atoms with Crippen LogP contribution in [0.2, 0.25) is 0 Å². The number of rotatable bonds is 3. The van der Waals surface area contributed by atoms with Crippen molar-refractivity contribution in [2.75, 3.05) is 0 Å². The fourth-order valence-electron chi connectivity index (χ4n) is 0.157. The largest absolute Gasteiger partial charge is 0.413 e. The maximum atomic E-state index is 9.81. The van der Waals surface area contributed by atoms with E-state index in [1.54, 1.807) is 13.8 Å². The Labute approximate surface area is 53.9 Å². The molecule has 0 rings (SSSR count). The maximum Gasteiger partial charge on any atom is 0.413 e. The third-order valence-electron chi connectivity index (χ3n) is 0.389. The van der Waals surface area contributed by atoms with Gasteiger partial charge in [0, 0.05) is 6.04 Å². The summed E-state index contributed by atoms with van der Waals surface area (Å²) in [5.74, 6) is 0. The van der Waals surface area contributed by atoms with Crippen molar-refractivity contribution >= 4 is 10.4 Å². The molecule has 0 saturated heterocycles. The molecule has 0 aromatic heterocycles. The van der Waals surface area contributed by atoms with Crippen LogP contribution < -0.4 is 5.48 Å². The van der Waals surface area contributed by atoms with Crippen molar-refractivity contribution in [3.63, 3.8) is 0 Å². The highest BCUT2D eigenvalue weighted by molar-refractivity contribution is 7.80. The zero-order chi connectivity index (χ0) is 7.49. The van der Waals surface area contributed by atoms with Gasteiger partial charge in [-0.2, -0.15) is 18.2 Å². The Morgan fingerprint density at radius 1 is 1.56 bits per heavy atom. The van der Waals surface area contributed by atoms with Gasteiger partial charge in [0.1, 0.15) is 0 Å². The summed E-state index contributed by atoms with van der Waals surface area (Å²) in [5.41, 5.74) is 2.05. The van der Waals surface area contributed by atoms with Gasteiger partial charge in [-0.3, -0.25) is 4.55 Å². The Bertz CT molecular complexity index is 161. The van der Waals surface area contributed by atoms with E-state index < -0.39 is 10.4 Å². The van der Waals surface area contributed by atoms with Crippen molar-refractivity contribution in [3.05, 3.63) is 0 Å². The lowest BCUT2D eigenvalue weighted by molar-refractivity contribution is 0.152. The Kier molecular flexibility index (Phi) is 3.06. The van der Waals surface area contributed by atoms with Crippen LogP contribution in [0.25, 0.3) is 0 Å². The van der Waals surface area contributed by atoms with Gasteiger partial charge in [0.15, 0.2) is 0 Å². The third kappa shape index (κ3) is 7.83. The molecule has 56 valence electrons. The molecule has 0 fully saturated rings. The summed E-state index contributed by atoms with van der Waals surface area (Å²) >= 11 is 0. The molecule has 0 amide bonds. The Morgan fingerprint density at radius 3 is 2.11 bits per heavy atom. The molecule has 0 aliphatic carbocycles. The minimum absolute atomic E-state index is 0.146.